The van der Waals surface area contributed by atoms with Gasteiger partial charge >= 0.3 is 0 Å². The Hall–Kier alpha value is -1.26. The number of anilines is 1. The van der Waals surface area contributed by atoms with E-state index in [0.29, 0.717) is 17.1 Å². The smallest absolute Gasteiger partial charge is 0.124 e. The van der Waals surface area contributed by atoms with Crippen LogP contribution >= 0.6 is 11.6 Å². The number of hydrogen-bond acceptors (Lipinski definition) is 3. The first-order valence-electron chi connectivity index (χ1n) is 6.00. The van der Waals surface area contributed by atoms with Gasteiger partial charge in [0.15, 0.2) is 0 Å². The molecule has 1 saturated heterocycles. The second kappa shape index (κ2) is 4.78. The molecule has 5 heteroatoms. The van der Waals surface area contributed by atoms with Crippen molar-refractivity contribution >= 4 is 23.1 Å². The Balaban J connectivity index is 2.37. The molecule has 1 unspecified atom stereocenters. The van der Waals surface area contributed by atoms with Crippen molar-refractivity contribution in [3.8, 4) is 0 Å². The number of amidine groups is 1. The molecule has 4 N–H and O–H groups in total. The van der Waals surface area contributed by atoms with Crippen LogP contribution in [-0.4, -0.2) is 29.6 Å². The number of nitrogens with one attached hydrogen (secondary N) is 1. The summed E-state index contributed by atoms with van der Waals surface area (Å²) in [6, 6.07) is 5.28. The van der Waals surface area contributed by atoms with Crippen LogP contribution < -0.4 is 10.6 Å². The quantitative estimate of drug-likeness (QED) is 0.567. The number of benzene rings is 1. The molecule has 1 aliphatic heterocycles. The molecule has 1 aromatic carbocycles. The summed E-state index contributed by atoms with van der Waals surface area (Å²) in [7, 11) is 0. The summed E-state index contributed by atoms with van der Waals surface area (Å²) in [5.41, 5.74) is 6.38. The maximum Gasteiger partial charge on any atom is 0.124 e. The van der Waals surface area contributed by atoms with Gasteiger partial charge in [-0.3, -0.25) is 5.41 Å². The number of piperidine rings is 1. The summed E-state index contributed by atoms with van der Waals surface area (Å²) in [5.74, 6) is 0.0203. The van der Waals surface area contributed by atoms with E-state index in [2.05, 4.69) is 0 Å². The van der Waals surface area contributed by atoms with Gasteiger partial charge in [0.1, 0.15) is 5.84 Å². The molecule has 0 radical (unpaired) electrons. The standard InChI is InChI=1S/C13H18ClN3O/c1-13(18)5-2-6-17(8-13)11-7-9(14)3-4-10(11)12(15)16/h3-4,7,18H,2,5-6,8H2,1H3,(H3,15,16). The minimum atomic E-state index is -0.700. The normalized spacial score (nSPS) is 24.1. The van der Waals surface area contributed by atoms with Crippen molar-refractivity contribution in [2.24, 2.45) is 5.73 Å². The molecular formula is C13H18ClN3O. The van der Waals surface area contributed by atoms with Crippen LogP contribution in [0.1, 0.15) is 25.3 Å². The third kappa shape index (κ3) is 2.76. The van der Waals surface area contributed by atoms with Crippen molar-refractivity contribution in [1.82, 2.24) is 0 Å². The van der Waals surface area contributed by atoms with Crippen LogP contribution in [0.25, 0.3) is 0 Å². The average molecular weight is 268 g/mol. The molecule has 0 amide bonds. The van der Waals surface area contributed by atoms with Crippen LogP contribution in [-0.2, 0) is 0 Å². The third-order valence-corrected chi connectivity index (χ3v) is 3.50. The first-order chi connectivity index (χ1) is 8.39. The number of halogens is 1. The van der Waals surface area contributed by atoms with Crippen LogP contribution in [0.15, 0.2) is 18.2 Å². The first kappa shape index (κ1) is 13.2. The third-order valence-electron chi connectivity index (χ3n) is 3.27. The van der Waals surface area contributed by atoms with E-state index in [1.54, 1.807) is 18.2 Å². The Bertz CT molecular complexity index is 473. The van der Waals surface area contributed by atoms with Gasteiger partial charge in [0.2, 0.25) is 0 Å². The van der Waals surface area contributed by atoms with Gasteiger partial charge < -0.3 is 15.7 Å². The fourth-order valence-electron chi connectivity index (χ4n) is 2.42. The molecule has 4 nitrogen and oxygen atoms in total. The number of nitrogens with zero attached hydrogens (tertiary/aromatic N) is 1. The van der Waals surface area contributed by atoms with E-state index >= 15 is 0 Å². The van der Waals surface area contributed by atoms with E-state index in [1.165, 1.54) is 0 Å². The molecule has 1 atom stereocenters. The summed E-state index contributed by atoms with van der Waals surface area (Å²) >= 11 is 6.01. The van der Waals surface area contributed by atoms with E-state index in [0.717, 1.165) is 25.1 Å². The number of rotatable bonds is 2. The molecule has 0 bridgehead atoms. The molecule has 0 saturated carbocycles. The van der Waals surface area contributed by atoms with Gasteiger partial charge in [-0.15, -0.1) is 0 Å². The molecule has 2 rings (SSSR count). The number of nitrogens with two attached hydrogens (primary N) is 1. The summed E-state index contributed by atoms with van der Waals surface area (Å²) in [6.45, 7) is 3.21. The van der Waals surface area contributed by atoms with Crippen molar-refractivity contribution in [1.29, 1.82) is 5.41 Å². The fourth-order valence-corrected chi connectivity index (χ4v) is 2.59. The van der Waals surface area contributed by atoms with Crippen LogP contribution in [0.3, 0.4) is 0 Å². The lowest BCUT2D eigenvalue weighted by Gasteiger charge is -2.39. The van der Waals surface area contributed by atoms with Crippen molar-refractivity contribution in [2.75, 3.05) is 18.0 Å². The largest absolute Gasteiger partial charge is 0.388 e. The molecule has 1 aliphatic rings. The Morgan fingerprint density at radius 3 is 2.89 bits per heavy atom. The van der Waals surface area contributed by atoms with E-state index in [9.17, 15) is 5.11 Å². The Morgan fingerprint density at radius 2 is 2.28 bits per heavy atom. The van der Waals surface area contributed by atoms with Gasteiger partial charge in [0, 0.05) is 29.4 Å². The minimum Gasteiger partial charge on any atom is -0.388 e. The highest BCUT2D eigenvalue weighted by molar-refractivity contribution is 6.31. The molecule has 98 valence electrons. The SMILES string of the molecule is CC1(O)CCCN(c2cc(Cl)ccc2C(=N)N)C1. The second-order valence-electron chi connectivity index (χ2n) is 5.10. The lowest BCUT2D eigenvalue weighted by Crippen LogP contribution is -2.46. The van der Waals surface area contributed by atoms with E-state index in [4.69, 9.17) is 22.7 Å². The van der Waals surface area contributed by atoms with Crippen molar-refractivity contribution in [3.05, 3.63) is 28.8 Å². The topological polar surface area (TPSA) is 73.3 Å². The highest BCUT2D eigenvalue weighted by Gasteiger charge is 2.29. The highest BCUT2D eigenvalue weighted by atomic mass is 35.5. The molecule has 0 aromatic heterocycles. The number of hydrogen-bond donors (Lipinski definition) is 3. The zero-order valence-corrected chi connectivity index (χ0v) is 11.2. The van der Waals surface area contributed by atoms with Gasteiger partial charge in [0.25, 0.3) is 0 Å². The predicted molar refractivity (Wildman–Crippen MR) is 74.5 cm³/mol. The molecule has 0 spiro atoms. The van der Waals surface area contributed by atoms with E-state index in [-0.39, 0.29) is 5.84 Å². The fraction of sp³-hybridized carbons (Fsp3) is 0.462. The summed E-state index contributed by atoms with van der Waals surface area (Å²) in [4.78, 5) is 2.05. The minimum absolute atomic E-state index is 0.0203. The van der Waals surface area contributed by atoms with Crippen LogP contribution in [0.5, 0.6) is 0 Å². The van der Waals surface area contributed by atoms with Crippen LogP contribution in [0, 0.1) is 5.41 Å². The van der Waals surface area contributed by atoms with Crippen molar-refractivity contribution in [2.45, 2.75) is 25.4 Å². The number of β-amino-alcohol motifs (C(OH)–C–C–N with tert-alkyl or cyclic N) is 1. The number of nitrogen functional groups attached to an aromatic ring is 1. The maximum atomic E-state index is 10.1. The van der Waals surface area contributed by atoms with Gasteiger partial charge in [0.05, 0.1) is 5.60 Å². The van der Waals surface area contributed by atoms with Crippen LogP contribution in [0.2, 0.25) is 5.02 Å². The average Bonchev–Trinajstić information content (AvgIpc) is 2.27. The lowest BCUT2D eigenvalue weighted by atomic mass is 9.94. The van der Waals surface area contributed by atoms with Crippen molar-refractivity contribution < 1.29 is 5.11 Å². The van der Waals surface area contributed by atoms with Gasteiger partial charge in [-0.05, 0) is 38.0 Å². The summed E-state index contributed by atoms with van der Waals surface area (Å²) in [5, 5.41) is 18.4. The zero-order valence-electron chi connectivity index (χ0n) is 10.4. The van der Waals surface area contributed by atoms with E-state index < -0.39 is 5.60 Å². The molecule has 1 fully saturated rings. The predicted octanol–water partition coefficient (Wildman–Crippen LogP) is 1.98. The molecule has 1 heterocycles. The van der Waals surface area contributed by atoms with Gasteiger partial charge in [-0.1, -0.05) is 11.6 Å². The first-order valence-corrected chi connectivity index (χ1v) is 6.38. The molecule has 1 aromatic rings. The Morgan fingerprint density at radius 1 is 1.56 bits per heavy atom. The Labute approximate surface area is 112 Å². The second-order valence-corrected chi connectivity index (χ2v) is 5.53. The van der Waals surface area contributed by atoms with Gasteiger partial charge in [-0.2, -0.15) is 0 Å². The van der Waals surface area contributed by atoms with Crippen LogP contribution in [0.4, 0.5) is 5.69 Å². The molecule has 0 aliphatic carbocycles. The van der Waals surface area contributed by atoms with E-state index in [1.807, 2.05) is 11.8 Å². The zero-order chi connectivity index (χ0) is 13.3. The van der Waals surface area contributed by atoms with Crippen molar-refractivity contribution in [3.63, 3.8) is 0 Å². The van der Waals surface area contributed by atoms with Gasteiger partial charge in [-0.25, -0.2) is 0 Å². The Kier molecular flexibility index (Phi) is 3.50. The molecule has 18 heavy (non-hydrogen) atoms. The maximum absolute atomic E-state index is 10.1. The summed E-state index contributed by atoms with van der Waals surface area (Å²) < 4.78 is 0. The summed E-state index contributed by atoms with van der Waals surface area (Å²) in [6.07, 6.45) is 1.70. The molecular weight excluding hydrogens is 250 g/mol. The monoisotopic (exact) mass is 267 g/mol. The number of aliphatic hydroxyl groups is 1. The lowest BCUT2D eigenvalue weighted by molar-refractivity contribution is 0.0449. The highest BCUT2D eigenvalue weighted by Crippen LogP contribution is 2.30.